The van der Waals surface area contributed by atoms with Gasteiger partial charge in [0.05, 0.1) is 11.1 Å². The van der Waals surface area contributed by atoms with Crippen LogP contribution in [0.1, 0.15) is 42.6 Å². The number of thiazole rings is 1. The minimum atomic E-state index is 0.347. The first-order valence-corrected chi connectivity index (χ1v) is 11.2. The molecule has 3 aromatic rings. The third kappa shape index (κ3) is 3.41. The van der Waals surface area contributed by atoms with E-state index < -0.39 is 0 Å². The summed E-state index contributed by atoms with van der Waals surface area (Å²) in [5, 5.41) is 4.94. The van der Waals surface area contributed by atoms with Crippen LogP contribution in [-0.4, -0.2) is 15.0 Å². The number of aromatic nitrogens is 3. The number of nitrogen functional groups attached to an aromatic ring is 1. The first-order valence-electron chi connectivity index (χ1n) is 8.50. The molecule has 0 bridgehead atoms. The van der Waals surface area contributed by atoms with Gasteiger partial charge in [-0.05, 0) is 36.2 Å². The van der Waals surface area contributed by atoms with Crippen molar-refractivity contribution >= 4 is 50.5 Å². The molecule has 1 aliphatic carbocycles. The van der Waals surface area contributed by atoms with Crippen molar-refractivity contribution in [1.82, 2.24) is 15.0 Å². The molecule has 25 heavy (non-hydrogen) atoms. The van der Waals surface area contributed by atoms with Crippen molar-refractivity contribution in [2.75, 3.05) is 5.73 Å². The van der Waals surface area contributed by atoms with Crippen molar-refractivity contribution in [3.63, 3.8) is 0 Å². The largest absolute Gasteiger partial charge is 0.383 e. The van der Waals surface area contributed by atoms with Gasteiger partial charge >= 0.3 is 0 Å². The van der Waals surface area contributed by atoms with Crippen LogP contribution in [0.3, 0.4) is 0 Å². The van der Waals surface area contributed by atoms with Crippen molar-refractivity contribution in [2.45, 2.75) is 50.9 Å². The third-order valence-corrected chi connectivity index (χ3v) is 7.92. The zero-order valence-electron chi connectivity index (χ0n) is 14.7. The molecule has 0 amide bonds. The van der Waals surface area contributed by atoms with Gasteiger partial charge in [0, 0.05) is 16.5 Å². The zero-order chi connectivity index (χ0) is 17.6. The Morgan fingerprint density at radius 2 is 2.16 bits per heavy atom. The van der Waals surface area contributed by atoms with Gasteiger partial charge in [-0.25, -0.2) is 15.0 Å². The summed E-state index contributed by atoms with van der Waals surface area (Å²) in [6.45, 7) is 7.03. The van der Waals surface area contributed by atoms with E-state index in [0.29, 0.717) is 11.2 Å². The van der Waals surface area contributed by atoms with Crippen LogP contribution in [0.2, 0.25) is 0 Å². The Morgan fingerprint density at radius 1 is 1.32 bits per heavy atom. The maximum Gasteiger partial charge on any atom is 0.191 e. The van der Waals surface area contributed by atoms with Gasteiger partial charge in [-0.3, -0.25) is 0 Å². The fraction of sp³-hybridized carbons (Fsp3) is 0.500. The molecule has 3 aromatic heterocycles. The minimum absolute atomic E-state index is 0.347. The lowest BCUT2D eigenvalue weighted by molar-refractivity contribution is 0.218. The van der Waals surface area contributed by atoms with Crippen LogP contribution >= 0.6 is 34.4 Å². The van der Waals surface area contributed by atoms with Gasteiger partial charge in [0.25, 0.3) is 0 Å². The number of aryl methyl sites for hydroxylation is 1. The molecule has 1 aliphatic rings. The Kier molecular flexibility index (Phi) is 4.50. The van der Waals surface area contributed by atoms with Crippen molar-refractivity contribution in [3.8, 4) is 0 Å². The highest BCUT2D eigenvalue weighted by atomic mass is 32.2. The average Bonchev–Trinajstić information content (AvgIpc) is 3.18. The third-order valence-electron chi connectivity index (χ3n) is 4.95. The topological polar surface area (TPSA) is 64.7 Å². The van der Waals surface area contributed by atoms with Gasteiger partial charge in [-0.1, -0.05) is 32.5 Å². The molecular formula is C18H22N4S3. The second kappa shape index (κ2) is 6.52. The summed E-state index contributed by atoms with van der Waals surface area (Å²) >= 11 is 5.08. The number of hydrogen-bond donors (Lipinski definition) is 1. The molecule has 132 valence electrons. The number of rotatable bonds is 3. The minimum Gasteiger partial charge on any atom is -0.383 e. The van der Waals surface area contributed by atoms with Crippen LogP contribution in [0.5, 0.6) is 0 Å². The van der Waals surface area contributed by atoms with E-state index in [1.165, 1.54) is 16.9 Å². The lowest BCUT2D eigenvalue weighted by Gasteiger charge is -2.33. The monoisotopic (exact) mass is 390 g/mol. The molecule has 7 heteroatoms. The van der Waals surface area contributed by atoms with Crippen molar-refractivity contribution < 1.29 is 0 Å². The van der Waals surface area contributed by atoms with E-state index in [4.69, 9.17) is 10.7 Å². The summed E-state index contributed by atoms with van der Waals surface area (Å²) < 4.78 is 0. The number of fused-ring (bicyclic) bond motifs is 3. The van der Waals surface area contributed by atoms with E-state index in [0.717, 1.165) is 44.9 Å². The van der Waals surface area contributed by atoms with Crippen LogP contribution in [0.4, 0.5) is 5.82 Å². The van der Waals surface area contributed by atoms with Crippen LogP contribution in [-0.2, 0) is 18.6 Å². The van der Waals surface area contributed by atoms with E-state index in [9.17, 15) is 0 Å². The molecule has 1 unspecified atom stereocenters. The van der Waals surface area contributed by atoms with E-state index >= 15 is 0 Å². The Hall–Kier alpha value is -1.18. The van der Waals surface area contributed by atoms with Gasteiger partial charge < -0.3 is 5.73 Å². The number of anilines is 1. The Balaban J connectivity index is 1.64. The van der Waals surface area contributed by atoms with Crippen LogP contribution < -0.4 is 5.73 Å². The van der Waals surface area contributed by atoms with E-state index in [1.807, 2.05) is 22.9 Å². The predicted octanol–water partition coefficient (Wildman–Crippen LogP) is 5.17. The van der Waals surface area contributed by atoms with Gasteiger partial charge in [0.2, 0.25) is 0 Å². The van der Waals surface area contributed by atoms with Gasteiger partial charge in [-0.2, -0.15) is 0 Å². The zero-order valence-corrected chi connectivity index (χ0v) is 17.2. The molecule has 0 fully saturated rings. The number of hydrogen-bond acceptors (Lipinski definition) is 7. The van der Waals surface area contributed by atoms with Crippen LogP contribution in [0, 0.1) is 11.3 Å². The molecule has 0 spiro atoms. The summed E-state index contributed by atoms with van der Waals surface area (Å²) in [5.74, 6) is 2.15. The Morgan fingerprint density at radius 3 is 2.88 bits per heavy atom. The Labute approximate surface area is 160 Å². The molecule has 0 saturated carbocycles. The first-order chi connectivity index (χ1) is 11.9. The van der Waals surface area contributed by atoms with Gasteiger partial charge in [0.15, 0.2) is 5.16 Å². The number of nitrogens with zero attached hydrogens (tertiary/aromatic N) is 3. The molecule has 1 atom stereocenters. The molecule has 0 radical (unpaired) electrons. The molecule has 4 nitrogen and oxygen atoms in total. The SMILES string of the molecule is CC(C)(C)C1CCc2c(sc3nc(SCc4nccs4)nc(N)c23)C1. The fourth-order valence-electron chi connectivity index (χ4n) is 3.44. The van der Waals surface area contributed by atoms with E-state index in [-0.39, 0.29) is 0 Å². The average molecular weight is 391 g/mol. The van der Waals surface area contributed by atoms with E-state index in [2.05, 4.69) is 30.7 Å². The molecule has 0 saturated heterocycles. The highest BCUT2D eigenvalue weighted by Gasteiger charge is 2.31. The molecule has 4 rings (SSSR count). The number of thioether (sulfide) groups is 1. The lowest BCUT2D eigenvalue weighted by Crippen LogP contribution is -2.26. The fourth-order valence-corrected chi connectivity index (χ4v) is 6.30. The summed E-state index contributed by atoms with van der Waals surface area (Å²) in [5.41, 5.74) is 8.07. The van der Waals surface area contributed by atoms with Crippen molar-refractivity contribution in [1.29, 1.82) is 0 Å². The normalized spacial score (nSPS) is 17.8. The molecule has 0 aliphatic heterocycles. The van der Waals surface area contributed by atoms with E-state index in [1.54, 1.807) is 23.1 Å². The molecule has 2 N–H and O–H groups in total. The summed E-state index contributed by atoms with van der Waals surface area (Å²) in [7, 11) is 0. The molecule has 3 heterocycles. The number of thiophene rings is 1. The second-order valence-corrected chi connectivity index (χ2v) is 10.6. The highest BCUT2D eigenvalue weighted by Crippen LogP contribution is 2.44. The maximum absolute atomic E-state index is 6.32. The number of nitrogens with two attached hydrogens (primary N) is 1. The quantitative estimate of drug-likeness (QED) is 0.493. The predicted molar refractivity (Wildman–Crippen MR) is 108 cm³/mol. The summed E-state index contributed by atoms with van der Waals surface area (Å²) in [6.07, 6.45) is 5.29. The highest BCUT2D eigenvalue weighted by molar-refractivity contribution is 7.98. The van der Waals surface area contributed by atoms with Crippen molar-refractivity contribution in [2.24, 2.45) is 11.3 Å². The van der Waals surface area contributed by atoms with Gasteiger partial charge in [0.1, 0.15) is 15.7 Å². The maximum atomic E-state index is 6.32. The smallest absolute Gasteiger partial charge is 0.191 e. The Bertz CT molecular complexity index is 893. The van der Waals surface area contributed by atoms with Crippen molar-refractivity contribution in [3.05, 3.63) is 27.0 Å². The first kappa shape index (κ1) is 17.2. The lowest BCUT2D eigenvalue weighted by atomic mass is 9.72. The standard InChI is InChI=1S/C18H22N4S3/c1-18(2,3)10-4-5-11-12(8-10)25-16-14(11)15(19)21-17(22-16)24-9-13-20-6-7-23-13/h6-7,10H,4-5,8-9H2,1-3H3,(H2,19,21,22). The van der Waals surface area contributed by atoms with Gasteiger partial charge in [-0.15, -0.1) is 22.7 Å². The van der Waals surface area contributed by atoms with Crippen LogP contribution in [0.25, 0.3) is 10.2 Å². The van der Waals surface area contributed by atoms with Crippen LogP contribution in [0.15, 0.2) is 16.7 Å². The molecular weight excluding hydrogens is 368 g/mol. The summed E-state index contributed by atoms with van der Waals surface area (Å²) in [6, 6.07) is 0. The molecule has 0 aromatic carbocycles. The summed E-state index contributed by atoms with van der Waals surface area (Å²) in [4.78, 5) is 16.2. The second-order valence-electron chi connectivity index (χ2n) is 7.60.